The summed E-state index contributed by atoms with van der Waals surface area (Å²) in [7, 11) is 1.33. The molecule has 0 aromatic heterocycles. The van der Waals surface area contributed by atoms with Crippen molar-refractivity contribution in [1.82, 2.24) is 4.90 Å². The van der Waals surface area contributed by atoms with Gasteiger partial charge in [0, 0.05) is 6.54 Å². The fourth-order valence-electron chi connectivity index (χ4n) is 4.86. The van der Waals surface area contributed by atoms with E-state index in [4.69, 9.17) is 14.3 Å². The van der Waals surface area contributed by atoms with Crippen molar-refractivity contribution in [2.75, 3.05) is 13.7 Å². The van der Waals surface area contributed by atoms with Crippen LogP contribution in [0, 0.1) is 17.8 Å². The molecule has 1 aromatic carbocycles. The maximum atomic E-state index is 12.7. The third kappa shape index (κ3) is 2.01. The number of hydrogen-bond acceptors (Lipinski definition) is 7. The summed E-state index contributed by atoms with van der Waals surface area (Å²) in [4.78, 5) is 43.8. The first-order valence-electron chi connectivity index (χ1n) is 9.00. The van der Waals surface area contributed by atoms with Crippen LogP contribution in [0.15, 0.2) is 29.4 Å². The van der Waals surface area contributed by atoms with Crippen LogP contribution in [0.4, 0.5) is 0 Å². The van der Waals surface area contributed by atoms with Gasteiger partial charge < -0.3 is 14.3 Å². The number of likely N-dealkylation sites (tertiary alicyclic amines) is 1. The van der Waals surface area contributed by atoms with Crippen LogP contribution in [0.1, 0.15) is 22.8 Å². The number of rotatable bonds is 3. The standard InChI is InChI=1S/C19H18N2O6/c1-3-21-17(22)10-11(18(21)23)15-16-12(14(10)26-15)13(20-27-16)8-4-6-9(7-5-8)19(24)25-2/h4-7,10-12,14-16H,3H2,1-2H3/t10-,11-,12-,14+,15+,16+/m0/s1. The van der Waals surface area contributed by atoms with Gasteiger partial charge in [0.1, 0.15) is 6.10 Å². The second-order valence-corrected chi connectivity index (χ2v) is 7.18. The van der Waals surface area contributed by atoms with Crippen LogP contribution in [-0.4, -0.2) is 60.4 Å². The number of benzene rings is 1. The summed E-state index contributed by atoms with van der Waals surface area (Å²) >= 11 is 0. The summed E-state index contributed by atoms with van der Waals surface area (Å²) in [6.07, 6.45) is -1.23. The van der Waals surface area contributed by atoms with Gasteiger partial charge in [-0.2, -0.15) is 0 Å². The van der Waals surface area contributed by atoms with E-state index in [1.807, 2.05) is 0 Å². The summed E-state index contributed by atoms with van der Waals surface area (Å²) < 4.78 is 10.7. The number of imide groups is 1. The molecule has 3 fully saturated rings. The highest BCUT2D eigenvalue weighted by atomic mass is 16.7. The molecule has 0 aliphatic carbocycles. The Hall–Kier alpha value is -2.74. The molecule has 27 heavy (non-hydrogen) atoms. The minimum atomic E-state index is -0.472. The van der Waals surface area contributed by atoms with E-state index in [2.05, 4.69) is 5.16 Å². The van der Waals surface area contributed by atoms with Gasteiger partial charge in [0.15, 0.2) is 6.10 Å². The second-order valence-electron chi connectivity index (χ2n) is 7.18. The smallest absolute Gasteiger partial charge is 0.337 e. The van der Waals surface area contributed by atoms with Crippen molar-refractivity contribution in [1.29, 1.82) is 0 Å². The monoisotopic (exact) mass is 370 g/mol. The largest absolute Gasteiger partial charge is 0.465 e. The molecule has 0 spiro atoms. The number of esters is 1. The number of carbonyl (C=O) groups is 3. The Bertz CT molecular complexity index is 879. The summed E-state index contributed by atoms with van der Waals surface area (Å²) in [6.45, 7) is 2.17. The Labute approximate surface area is 155 Å². The number of oxime groups is 1. The summed E-state index contributed by atoms with van der Waals surface area (Å²) in [5.74, 6) is -1.88. The van der Waals surface area contributed by atoms with E-state index in [0.29, 0.717) is 17.8 Å². The minimum Gasteiger partial charge on any atom is -0.465 e. The van der Waals surface area contributed by atoms with Crippen molar-refractivity contribution in [2.24, 2.45) is 22.9 Å². The molecule has 8 nitrogen and oxygen atoms in total. The molecule has 0 N–H and O–H groups in total. The first-order valence-corrected chi connectivity index (χ1v) is 9.00. The Balaban J connectivity index is 1.45. The molecule has 0 saturated carbocycles. The molecule has 0 radical (unpaired) electrons. The minimum absolute atomic E-state index is 0.161. The first-order chi connectivity index (χ1) is 13.1. The molecule has 1 aromatic rings. The average molecular weight is 370 g/mol. The lowest BCUT2D eigenvalue weighted by Gasteiger charge is -2.26. The second kappa shape index (κ2) is 5.63. The highest BCUT2D eigenvalue weighted by molar-refractivity contribution is 6.09. The maximum Gasteiger partial charge on any atom is 0.337 e. The Morgan fingerprint density at radius 2 is 1.74 bits per heavy atom. The number of carbonyl (C=O) groups excluding carboxylic acids is 3. The average Bonchev–Trinajstić information content (AvgIpc) is 3.41. The van der Waals surface area contributed by atoms with Gasteiger partial charge in [-0.15, -0.1) is 0 Å². The lowest BCUT2D eigenvalue weighted by Crippen LogP contribution is -2.45. The first kappa shape index (κ1) is 16.4. The molecule has 4 aliphatic heterocycles. The van der Waals surface area contributed by atoms with Crippen molar-refractivity contribution >= 4 is 23.5 Å². The summed E-state index contributed by atoms with van der Waals surface area (Å²) in [5, 5.41) is 4.23. The molecule has 140 valence electrons. The fraction of sp³-hybridized carbons (Fsp3) is 0.474. The van der Waals surface area contributed by atoms with Crippen LogP contribution >= 0.6 is 0 Å². The lowest BCUT2D eigenvalue weighted by atomic mass is 9.71. The summed E-state index contributed by atoms with van der Waals surface area (Å²) in [6, 6.07) is 6.88. The Kier molecular flexibility index (Phi) is 3.42. The van der Waals surface area contributed by atoms with Gasteiger partial charge in [-0.3, -0.25) is 14.5 Å². The van der Waals surface area contributed by atoms with E-state index in [0.717, 1.165) is 5.56 Å². The van der Waals surface area contributed by atoms with Crippen LogP contribution in [0.2, 0.25) is 0 Å². The van der Waals surface area contributed by atoms with E-state index in [-0.39, 0.29) is 23.8 Å². The van der Waals surface area contributed by atoms with E-state index in [1.165, 1.54) is 12.0 Å². The molecule has 0 unspecified atom stereocenters. The molecule has 2 amide bonds. The number of ether oxygens (including phenoxy) is 2. The molecule has 4 heterocycles. The Morgan fingerprint density at radius 1 is 1.07 bits per heavy atom. The highest BCUT2D eigenvalue weighted by Crippen LogP contribution is 2.54. The molecule has 4 aliphatic rings. The van der Waals surface area contributed by atoms with Gasteiger partial charge in [0.05, 0.1) is 42.2 Å². The number of methoxy groups -OCH3 is 1. The number of hydrogen-bond donors (Lipinski definition) is 0. The molecule has 5 rings (SSSR count). The lowest BCUT2D eigenvalue weighted by molar-refractivity contribution is -0.142. The van der Waals surface area contributed by atoms with Crippen LogP contribution in [0.25, 0.3) is 0 Å². The van der Waals surface area contributed by atoms with E-state index in [1.54, 1.807) is 31.2 Å². The molecule has 8 heteroatoms. The van der Waals surface area contributed by atoms with Crippen LogP contribution in [0.3, 0.4) is 0 Å². The van der Waals surface area contributed by atoms with Crippen molar-refractivity contribution in [3.8, 4) is 0 Å². The van der Waals surface area contributed by atoms with Crippen LogP contribution in [0.5, 0.6) is 0 Å². The SMILES string of the molecule is CCN1C(=O)[C@@H]2[C@H]3O[C@@H]([C@@H]4C(c5ccc(C(=O)OC)cc5)=NO[C@@H]34)[C@H]2C1=O. The topological polar surface area (TPSA) is 94.5 Å². The predicted octanol–water partition coefficient (Wildman–Crippen LogP) is 0.594. The number of fused-ring (bicyclic) bond motifs is 8. The molecule has 6 atom stereocenters. The number of amides is 2. The predicted molar refractivity (Wildman–Crippen MR) is 90.7 cm³/mol. The molecule has 3 saturated heterocycles. The van der Waals surface area contributed by atoms with Gasteiger partial charge >= 0.3 is 5.97 Å². The zero-order valence-electron chi connectivity index (χ0n) is 14.8. The number of nitrogens with zero attached hydrogens (tertiary/aromatic N) is 2. The highest BCUT2D eigenvalue weighted by Gasteiger charge is 2.71. The third-order valence-electron chi connectivity index (χ3n) is 6.05. The maximum absolute atomic E-state index is 12.7. The zero-order chi connectivity index (χ0) is 18.9. The fourth-order valence-corrected chi connectivity index (χ4v) is 4.86. The molecule has 2 bridgehead atoms. The van der Waals surface area contributed by atoms with E-state index >= 15 is 0 Å². The zero-order valence-corrected chi connectivity index (χ0v) is 14.8. The van der Waals surface area contributed by atoms with E-state index in [9.17, 15) is 14.4 Å². The van der Waals surface area contributed by atoms with Gasteiger partial charge in [0.2, 0.25) is 11.8 Å². The molecular weight excluding hydrogens is 352 g/mol. The normalized spacial score (nSPS) is 35.8. The third-order valence-corrected chi connectivity index (χ3v) is 6.05. The van der Waals surface area contributed by atoms with Gasteiger partial charge in [-0.05, 0) is 24.6 Å². The Morgan fingerprint density at radius 3 is 2.37 bits per heavy atom. The quantitative estimate of drug-likeness (QED) is 0.571. The van der Waals surface area contributed by atoms with Crippen LogP contribution in [-0.2, 0) is 23.9 Å². The van der Waals surface area contributed by atoms with Crippen molar-refractivity contribution in [2.45, 2.75) is 25.2 Å². The van der Waals surface area contributed by atoms with E-state index < -0.39 is 30.0 Å². The van der Waals surface area contributed by atoms with Crippen molar-refractivity contribution in [3.63, 3.8) is 0 Å². The van der Waals surface area contributed by atoms with Crippen LogP contribution < -0.4 is 0 Å². The van der Waals surface area contributed by atoms with Crippen molar-refractivity contribution < 1.29 is 28.7 Å². The molecular formula is C19H18N2O6. The van der Waals surface area contributed by atoms with Gasteiger partial charge in [-0.1, -0.05) is 17.3 Å². The van der Waals surface area contributed by atoms with Gasteiger partial charge in [-0.25, -0.2) is 4.79 Å². The van der Waals surface area contributed by atoms with Gasteiger partial charge in [0.25, 0.3) is 0 Å². The van der Waals surface area contributed by atoms with Crippen molar-refractivity contribution in [3.05, 3.63) is 35.4 Å². The summed E-state index contributed by atoms with van der Waals surface area (Å²) in [5.41, 5.74) is 1.93.